The minimum Gasteiger partial charge on any atom is -0.462 e. The van der Waals surface area contributed by atoms with E-state index in [1.165, 1.54) is 0 Å². The molecule has 0 aromatic carbocycles. The summed E-state index contributed by atoms with van der Waals surface area (Å²) in [5.74, 6) is -5.46. The van der Waals surface area contributed by atoms with Crippen molar-refractivity contribution >= 4 is 96.2 Å². The first-order valence-corrected chi connectivity index (χ1v) is 34.3. The third-order valence-corrected chi connectivity index (χ3v) is 21.5. The molecule has 32 nitrogen and oxygen atoms in total. The van der Waals surface area contributed by atoms with E-state index in [-0.39, 0.29) is 244 Å². The van der Waals surface area contributed by atoms with E-state index in [9.17, 15) is 57.5 Å². The van der Waals surface area contributed by atoms with Crippen LogP contribution in [0.3, 0.4) is 0 Å². The Morgan fingerprint density at radius 1 is 0.400 bits per heavy atom. The van der Waals surface area contributed by atoms with Crippen LogP contribution in [0.1, 0.15) is 108 Å². The minimum absolute atomic E-state index is 0.00304. The molecule has 8 aliphatic carbocycles. The molecule has 4 saturated heterocycles. The maximum absolute atomic E-state index is 12.6. The van der Waals surface area contributed by atoms with E-state index in [0.29, 0.717) is 28.2 Å². The molecule has 8 bridgehead atoms. The fourth-order valence-electron chi connectivity index (χ4n) is 18.2. The molecule has 23 unspecified atom stereocenters. The summed E-state index contributed by atoms with van der Waals surface area (Å²) < 4.78 is 62.5. The molecule has 574 valence electrons. The standard InChI is InChI=1S/C19H26O6.C18H24O6.C17H22O6.C15H18O6.4CO2/c1-9(2)16(20)23-6-7-24-17(21)12-10-8-11-13(12)18(22)25-15(11)14(10)19(3,4)5;1-8(2)12-10-7-11-14(18(21)24-15(11)12)13(10)17(20)23-6-5-22-16(19)9(3)4;1-4-9-10-7-11-13(17(20)23-14(9)11)12(10)16(19)22-6-5-21-15(18)8(2)3;1-7(2)13(16)19-3-4-20-14(17)11-8-5-9-10(6-8)21-15(18)12(9)11;4*2-1-3/h10-15H,1,6-8H2,2-5H3;8,10-15H,3,5-7H2,1-2,4H3;9-14H,2,4-7H2,1,3H3;8-12H,1,3-6H2,2H3;;;;. The van der Waals surface area contributed by atoms with Gasteiger partial charge in [0.05, 0.1) is 47.3 Å². The second kappa shape index (κ2) is 38.2. The SMILES string of the molecule is C=C(C)C(=O)OCCOC(=O)C1C2CC3C(OC(=O)C31)C2C(C)(C)C.C=C(C)C(=O)OCCOC(=O)C1C2CC3C(OC(=O)C31)C2C(C)C.C=C(C)C(=O)OCCOC(=O)C1C2CC3C(OC(=O)C31)C2CC.C=C(C)C(=O)OCCOC(=O)C1C2CC3OC(=O)C1C3C2.O=C=O.O=C=O.O=C=O.O=C=O. The number of rotatable bonds is 22. The maximum Gasteiger partial charge on any atom is 0.373 e. The number of ether oxygens (including phenoxy) is 12. The van der Waals surface area contributed by atoms with Crippen molar-refractivity contribution in [1.29, 1.82) is 0 Å². The summed E-state index contributed by atoms with van der Waals surface area (Å²) in [4.78, 5) is 208. The Labute approximate surface area is 604 Å². The van der Waals surface area contributed by atoms with Gasteiger partial charge in [0.1, 0.15) is 77.3 Å². The van der Waals surface area contributed by atoms with Gasteiger partial charge in [-0.15, -0.1) is 0 Å². The Bertz CT molecular complexity index is 3430. The van der Waals surface area contributed by atoms with Crippen LogP contribution in [0.25, 0.3) is 0 Å². The lowest BCUT2D eigenvalue weighted by atomic mass is 9.65. The second-order valence-electron chi connectivity index (χ2n) is 28.9. The molecule has 23 atom stereocenters. The summed E-state index contributed by atoms with van der Waals surface area (Å²) in [6, 6.07) is 0. The van der Waals surface area contributed by atoms with Crippen molar-refractivity contribution in [2.75, 3.05) is 52.9 Å². The van der Waals surface area contributed by atoms with Crippen LogP contribution < -0.4 is 0 Å². The summed E-state index contributed by atoms with van der Waals surface area (Å²) in [6.07, 6.45) is 5.98. The van der Waals surface area contributed by atoms with Crippen molar-refractivity contribution in [3.8, 4) is 0 Å². The summed E-state index contributed by atoms with van der Waals surface area (Å²) in [5, 5.41) is 0. The largest absolute Gasteiger partial charge is 0.462 e. The van der Waals surface area contributed by atoms with Gasteiger partial charge in [0.15, 0.2) is 0 Å². The molecule has 4 heterocycles. The zero-order valence-electron chi connectivity index (χ0n) is 60.1. The Morgan fingerprint density at radius 2 is 0.695 bits per heavy atom. The first-order valence-electron chi connectivity index (χ1n) is 34.3. The predicted molar refractivity (Wildman–Crippen MR) is 340 cm³/mol. The molecule has 0 aromatic rings. The lowest BCUT2D eigenvalue weighted by Gasteiger charge is -2.39. The zero-order valence-corrected chi connectivity index (χ0v) is 60.1. The average Bonchev–Trinajstić information content (AvgIpc) is 1.56. The number of fused-ring (bicyclic) bond motifs is 4. The molecule has 0 spiro atoms. The molecule has 12 fully saturated rings. The highest BCUT2D eigenvalue weighted by atomic mass is 16.6. The molecule has 12 aliphatic rings. The molecule has 12 rings (SSSR count). The smallest absolute Gasteiger partial charge is 0.373 e. The van der Waals surface area contributed by atoms with Crippen molar-refractivity contribution in [1.82, 2.24) is 0 Å². The van der Waals surface area contributed by atoms with Crippen LogP contribution in [0.4, 0.5) is 0 Å². The van der Waals surface area contributed by atoms with Crippen molar-refractivity contribution < 1.29 is 153 Å². The molecule has 105 heavy (non-hydrogen) atoms. The quantitative estimate of drug-likeness (QED) is 0.0643. The topological polar surface area (TPSA) is 452 Å². The van der Waals surface area contributed by atoms with Crippen LogP contribution in [-0.4, -0.2) is 174 Å². The lowest BCUT2D eigenvalue weighted by Crippen LogP contribution is -2.43. The van der Waals surface area contributed by atoms with Crippen molar-refractivity contribution in [3.63, 3.8) is 0 Å². The highest BCUT2D eigenvalue weighted by molar-refractivity contribution is 5.90. The van der Waals surface area contributed by atoms with E-state index >= 15 is 0 Å². The van der Waals surface area contributed by atoms with E-state index in [4.69, 9.17) is 95.2 Å². The van der Waals surface area contributed by atoms with Gasteiger partial charge in [0.25, 0.3) is 0 Å². The third-order valence-electron chi connectivity index (χ3n) is 21.5. The zero-order chi connectivity index (χ0) is 78.8. The number of esters is 12. The van der Waals surface area contributed by atoms with E-state index < -0.39 is 47.5 Å². The van der Waals surface area contributed by atoms with Crippen LogP contribution in [0.5, 0.6) is 0 Å². The first kappa shape index (κ1) is 85.8. The van der Waals surface area contributed by atoms with Gasteiger partial charge < -0.3 is 56.8 Å². The summed E-state index contributed by atoms with van der Waals surface area (Å²) in [5.41, 5.74) is 1.15. The molecular weight excluding hydrogens is 1390 g/mol. The van der Waals surface area contributed by atoms with Gasteiger partial charge in [-0.3, -0.25) is 38.4 Å². The van der Waals surface area contributed by atoms with Crippen LogP contribution in [0, 0.1) is 124 Å². The van der Waals surface area contributed by atoms with Gasteiger partial charge in [0, 0.05) is 57.8 Å². The molecule has 0 N–H and O–H groups in total. The number of carbonyl (C=O) groups excluding carboxylic acids is 20. The second-order valence-corrected chi connectivity index (χ2v) is 28.9. The summed E-state index contributed by atoms with van der Waals surface area (Å²) in [6.45, 7) is 32.7. The lowest BCUT2D eigenvalue weighted by molar-refractivity contribution is -0.193. The number of hydrogen-bond donors (Lipinski definition) is 0. The third kappa shape index (κ3) is 19.6. The molecule has 0 radical (unpaired) electrons. The molecular formula is C73H90O32. The fraction of sp³-hybridized carbons (Fsp3) is 0.671. The monoisotopic (exact) mass is 1480 g/mol. The maximum atomic E-state index is 12.6. The molecule has 0 amide bonds. The Hall–Kier alpha value is -9.88. The van der Waals surface area contributed by atoms with E-state index in [1.807, 2.05) is 0 Å². The summed E-state index contributed by atoms with van der Waals surface area (Å²) in [7, 11) is 0. The van der Waals surface area contributed by atoms with Crippen molar-refractivity contribution in [3.05, 3.63) is 48.6 Å². The van der Waals surface area contributed by atoms with E-state index in [0.717, 1.165) is 38.5 Å². The summed E-state index contributed by atoms with van der Waals surface area (Å²) >= 11 is 0. The molecule has 4 aliphatic heterocycles. The van der Waals surface area contributed by atoms with E-state index in [2.05, 4.69) is 67.9 Å². The first-order chi connectivity index (χ1) is 49.5. The van der Waals surface area contributed by atoms with Crippen LogP contribution >= 0.6 is 0 Å². The number of carbonyl (C=O) groups is 12. The van der Waals surface area contributed by atoms with Crippen LogP contribution in [-0.2, 0) is 153 Å². The van der Waals surface area contributed by atoms with Crippen LogP contribution in [0.2, 0.25) is 0 Å². The van der Waals surface area contributed by atoms with Gasteiger partial charge >= 0.3 is 96.2 Å². The predicted octanol–water partition coefficient (Wildman–Crippen LogP) is 3.84. The van der Waals surface area contributed by atoms with Gasteiger partial charge in [-0.1, -0.05) is 67.9 Å². The van der Waals surface area contributed by atoms with Crippen LogP contribution in [0.15, 0.2) is 48.6 Å². The number of hydrogen-bond acceptors (Lipinski definition) is 32. The van der Waals surface area contributed by atoms with Gasteiger partial charge in [0.2, 0.25) is 0 Å². The average molecular weight is 1480 g/mol. The molecule has 8 saturated carbocycles. The fourth-order valence-corrected chi connectivity index (χ4v) is 18.2. The molecule has 0 aromatic heterocycles. The molecule has 32 heteroatoms. The van der Waals surface area contributed by atoms with E-state index in [1.54, 1.807) is 27.7 Å². The van der Waals surface area contributed by atoms with Gasteiger partial charge in [-0.25, -0.2) is 19.2 Å². The minimum atomic E-state index is -0.508. The van der Waals surface area contributed by atoms with Crippen molar-refractivity contribution in [2.45, 2.75) is 132 Å². The van der Waals surface area contributed by atoms with Gasteiger partial charge in [-0.2, -0.15) is 38.4 Å². The van der Waals surface area contributed by atoms with Crippen molar-refractivity contribution in [2.24, 2.45) is 124 Å². The highest BCUT2D eigenvalue weighted by Gasteiger charge is 2.72. The van der Waals surface area contributed by atoms with Gasteiger partial charge in [-0.05, 0) is 107 Å². The Morgan fingerprint density at radius 3 is 1.07 bits per heavy atom. The normalized spacial score (nSPS) is 32.1. The Kier molecular flexibility index (Phi) is 31.2. The highest BCUT2D eigenvalue weighted by Crippen LogP contribution is 2.66. The Balaban J connectivity index is 0.000000239.